The lowest BCUT2D eigenvalue weighted by molar-refractivity contribution is 0.0526. The fraction of sp³-hybridized carbons (Fsp3) is 0.455. The van der Waals surface area contributed by atoms with Gasteiger partial charge in [-0.15, -0.1) is 0 Å². The van der Waals surface area contributed by atoms with Crippen LogP contribution in [0.5, 0.6) is 0 Å². The fourth-order valence-corrected chi connectivity index (χ4v) is 1.18. The Morgan fingerprint density at radius 1 is 1.47 bits per heavy atom. The summed E-state index contributed by atoms with van der Waals surface area (Å²) in [4.78, 5) is 17.5. The molecule has 1 aromatic rings. The van der Waals surface area contributed by atoms with Gasteiger partial charge in [-0.1, -0.05) is 0 Å². The molecule has 4 heteroatoms. The molecule has 1 aromatic heterocycles. The summed E-state index contributed by atoms with van der Waals surface area (Å²) in [6.45, 7) is 2.94. The lowest BCUT2D eigenvalue weighted by Crippen LogP contribution is -2.12. The summed E-state index contributed by atoms with van der Waals surface area (Å²) in [6.07, 6.45) is 1.55. The fourth-order valence-electron chi connectivity index (χ4n) is 1.18. The number of esters is 1. The van der Waals surface area contributed by atoms with Crippen molar-refractivity contribution >= 4 is 5.97 Å². The molecule has 1 heterocycles. The van der Waals surface area contributed by atoms with E-state index in [1.807, 2.05) is 25.1 Å². The molecule has 1 rings (SSSR count). The topological polar surface area (TPSA) is 42.4 Å². The van der Waals surface area contributed by atoms with Gasteiger partial charge in [0.1, 0.15) is 0 Å². The highest BCUT2D eigenvalue weighted by Crippen LogP contribution is 2.03. The van der Waals surface area contributed by atoms with E-state index in [2.05, 4.69) is 4.98 Å². The molecule has 0 fully saturated rings. The largest absolute Gasteiger partial charge is 0.462 e. The summed E-state index contributed by atoms with van der Waals surface area (Å²) < 4.78 is 4.86. The van der Waals surface area contributed by atoms with E-state index in [-0.39, 0.29) is 5.97 Å². The minimum absolute atomic E-state index is 0.318. The van der Waals surface area contributed by atoms with Crippen LogP contribution in [0.3, 0.4) is 0 Å². The Kier molecular flexibility index (Phi) is 4.24. The average molecular weight is 208 g/mol. The highest BCUT2D eigenvalue weighted by Gasteiger charge is 2.06. The molecule has 0 aliphatic carbocycles. The number of hydrogen-bond donors (Lipinski definition) is 0. The van der Waals surface area contributed by atoms with Crippen molar-refractivity contribution in [3.8, 4) is 0 Å². The third-order valence-corrected chi connectivity index (χ3v) is 1.81. The Morgan fingerprint density at radius 3 is 2.67 bits per heavy atom. The Morgan fingerprint density at radius 2 is 2.20 bits per heavy atom. The van der Waals surface area contributed by atoms with Crippen LogP contribution in [-0.2, 0) is 11.3 Å². The Labute approximate surface area is 89.9 Å². The van der Waals surface area contributed by atoms with Gasteiger partial charge in [-0.2, -0.15) is 0 Å². The molecule has 0 N–H and O–H groups in total. The number of carbonyl (C=O) groups is 1. The second-order valence-electron chi connectivity index (χ2n) is 3.50. The molecule has 82 valence electrons. The van der Waals surface area contributed by atoms with Crippen molar-refractivity contribution < 1.29 is 9.53 Å². The summed E-state index contributed by atoms with van der Waals surface area (Å²) >= 11 is 0. The van der Waals surface area contributed by atoms with E-state index in [0.717, 1.165) is 12.2 Å². The second-order valence-corrected chi connectivity index (χ2v) is 3.50. The quantitative estimate of drug-likeness (QED) is 0.700. The predicted molar refractivity (Wildman–Crippen MR) is 57.6 cm³/mol. The van der Waals surface area contributed by atoms with Crippen molar-refractivity contribution in [1.82, 2.24) is 9.88 Å². The first-order valence-corrected chi connectivity index (χ1v) is 4.90. The first kappa shape index (κ1) is 11.7. The minimum atomic E-state index is -0.318. The molecule has 0 spiro atoms. The SMILES string of the molecule is CCOC(=O)c1ccc(CN(C)C)nc1. The maximum Gasteiger partial charge on any atom is 0.339 e. The smallest absolute Gasteiger partial charge is 0.339 e. The molecule has 0 aliphatic rings. The van der Waals surface area contributed by atoms with Crippen LogP contribution in [0.1, 0.15) is 23.0 Å². The predicted octanol–water partition coefficient (Wildman–Crippen LogP) is 1.32. The van der Waals surface area contributed by atoms with Gasteiger partial charge in [0, 0.05) is 12.7 Å². The molecule has 15 heavy (non-hydrogen) atoms. The number of ether oxygens (including phenoxy) is 1. The van der Waals surface area contributed by atoms with Crippen molar-refractivity contribution in [2.75, 3.05) is 20.7 Å². The molecular weight excluding hydrogens is 192 g/mol. The third-order valence-electron chi connectivity index (χ3n) is 1.81. The summed E-state index contributed by atoms with van der Waals surface area (Å²) in [5.74, 6) is -0.318. The average Bonchev–Trinajstić information content (AvgIpc) is 2.18. The number of aromatic nitrogens is 1. The van der Waals surface area contributed by atoms with Gasteiger partial charge >= 0.3 is 5.97 Å². The van der Waals surface area contributed by atoms with E-state index >= 15 is 0 Å². The summed E-state index contributed by atoms with van der Waals surface area (Å²) in [7, 11) is 3.95. The van der Waals surface area contributed by atoms with Crippen LogP contribution in [0.25, 0.3) is 0 Å². The first-order valence-electron chi connectivity index (χ1n) is 4.90. The maximum absolute atomic E-state index is 11.3. The molecule has 4 nitrogen and oxygen atoms in total. The van der Waals surface area contributed by atoms with Crippen molar-refractivity contribution in [2.24, 2.45) is 0 Å². The highest BCUT2D eigenvalue weighted by molar-refractivity contribution is 5.88. The summed E-state index contributed by atoms with van der Waals surface area (Å²) in [5, 5.41) is 0. The minimum Gasteiger partial charge on any atom is -0.462 e. The van der Waals surface area contributed by atoms with Gasteiger partial charge in [-0.25, -0.2) is 4.79 Å². The van der Waals surface area contributed by atoms with Gasteiger partial charge in [0.05, 0.1) is 17.9 Å². The molecule has 0 aliphatic heterocycles. The molecule has 0 atom stereocenters. The Hall–Kier alpha value is -1.42. The third kappa shape index (κ3) is 3.67. The first-order chi connectivity index (χ1) is 7.13. The van der Waals surface area contributed by atoms with E-state index in [4.69, 9.17) is 4.74 Å². The van der Waals surface area contributed by atoms with E-state index in [1.165, 1.54) is 0 Å². The van der Waals surface area contributed by atoms with Gasteiger partial charge in [-0.3, -0.25) is 4.98 Å². The standard InChI is InChI=1S/C11H16N2O2/c1-4-15-11(14)9-5-6-10(12-7-9)8-13(2)3/h5-7H,4,8H2,1-3H3. The van der Waals surface area contributed by atoms with Gasteiger partial charge in [-0.05, 0) is 33.2 Å². The number of carbonyl (C=O) groups excluding carboxylic acids is 1. The lowest BCUT2D eigenvalue weighted by Gasteiger charge is -2.08. The second kappa shape index (κ2) is 5.46. The van der Waals surface area contributed by atoms with Crippen LogP contribution in [0.4, 0.5) is 0 Å². The van der Waals surface area contributed by atoms with E-state index < -0.39 is 0 Å². The van der Waals surface area contributed by atoms with Crippen LogP contribution in [0.2, 0.25) is 0 Å². The van der Waals surface area contributed by atoms with Crippen molar-refractivity contribution in [1.29, 1.82) is 0 Å². The highest BCUT2D eigenvalue weighted by atomic mass is 16.5. The molecular formula is C11H16N2O2. The monoisotopic (exact) mass is 208 g/mol. The maximum atomic E-state index is 11.3. The van der Waals surface area contributed by atoms with E-state index in [0.29, 0.717) is 12.2 Å². The van der Waals surface area contributed by atoms with Gasteiger partial charge in [0.15, 0.2) is 0 Å². The Bertz CT molecular complexity index is 320. The number of rotatable bonds is 4. The van der Waals surface area contributed by atoms with Gasteiger partial charge in [0.25, 0.3) is 0 Å². The number of nitrogens with zero attached hydrogens (tertiary/aromatic N) is 2. The van der Waals surface area contributed by atoms with Crippen LogP contribution < -0.4 is 0 Å². The zero-order valence-corrected chi connectivity index (χ0v) is 9.36. The molecule has 0 saturated heterocycles. The summed E-state index contributed by atoms with van der Waals surface area (Å²) in [6, 6.07) is 3.58. The Balaban J connectivity index is 2.67. The zero-order chi connectivity index (χ0) is 11.3. The van der Waals surface area contributed by atoms with Crippen LogP contribution in [0, 0.1) is 0 Å². The number of pyridine rings is 1. The molecule has 0 radical (unpaired) electrons. The normalized spacial score (nSPS) is 10.4. The molecule has 0 aromatic carbocycles. The van der Waals surface area contributed by atoms with Gasteiger partial charge < -0.3 is 9.64 Å². The van der Waals surface area contributed by atoms with Crippen LogP contribution in [-0.4, -0.2) is 36.6 Å². The lowest BCUT2D eigenvalue weighted by atomic mass is 10.2. The van der Waals surface area contributed by atoms with Crippen LogP contribution >= 0.6 is 0 Å². The van der Waals surface area contributed by atoms with Crippen molar-refractivity contribution in [3.63, 3.8) is 0 Å². The van der Waals surface area contributed by atoms with Crippen LogP contribution in [0.15, 0.2) is 18.3 Å². The van der Waals surface area contributed by atoms with Crippen molar-refractivity contribution in [2.45, 2.75) is 13.5 Å². The zero-order valence-electron chi connectivity index (χ0n) is 9.36. The van der Waals surface area contributed by atoms with E-state index in [9.17, 15) is 4.79 Å². The molecule has 0 amide bonds. The molecule has 0 unspecified atom stereocenters. The van der Waals surface area contributed by atoms with E-state index in [1.54, 1.807) is 19.2 Å². The van der Waals surface area contributed by atoms with Gasteiger partial charge in [0.2, 0.25) is 0 Å². The molecule has 0 bridgehead atoms. The molecule has 0 saturated carbocycles. The van der Waals surface area contributed by atoms with Crippen molar-refractivity contribution in [3.05, 3.63) is 29.6 Å². The number of hydrogen-bond acceptors (Lipinski definition) is 4. The summed E-state index contributed by atoms with van der Waals surface area (Å²) in [5.41, 5.74) is 1.44.